The first-order chi connectivity index (χ1) is 15.8. The van der Waals surface area contributed by atoms with Crippen LogP contribution in [0.4, 0.5) is 4.79 Å². The highest BCUT2D eigenvalue weighted by Crippen LogP contribution is 2.36. The quantitative estimate of drug-likeness (QED) is 0.402. The van der Waals surface area contributed by atoms with Gasteiger partial charge in [-0.2, -0.15) is 0 Å². The zero-order chi connectivity index (χ0) is 25.5. The van der Waals surface area contributed by atoms with Crippen LogP contribution in [0.25, 0.3) is 0 Å². The lowest BCUT2D eigenvalue weighted by atomic mass is 9.72. The maximum Gasteiger partial charge on any atom is 0.451 e. The third-order valence-electron chi connectivity index (χ3n) is 5.97. The number of nitrogens with one attached hydrogen (secondary N) is 1. The smallest absolute Gasteiger partial charge is 0.451 e. The first kappa shape index (κ1) is 27.7. The highest BCUT2D eigenvalue weighted by atomic mass is 16.6. The van der Waals surface area contributed by atoms with Crippen LogP contribution in [0.1, 0.15) is 52.5 Å². The van der Waals surface area contributed by atoms with Crippen LogP contribution in [-0.2, 0) is 20.7 Å². The summed E-state index contributed by atoms with van der Waals surface area (Å²) < 4.78 is 5.35. The summed E-state index contributed by atoms with van der Waals surface area (Å²) in [7, 11) is -1.49. The maximum absolute atomic E-state index is 13.6. The number of carboxylic acid groups (broad SMARTS) is 1. The molecule has 1 heterocycles. The van der Waals surface area contributed by atoms with Crippen molar-refractivity contribution in [2.24, 2.45) is 11.3 Å². The van der Waals surface area contributed by atoms with Crippen molar-refractivity contribution in [3.05, 3.63) is 35.9 Å². The van der Waals surface area contributed by atoms with E-state index in [9.17, 15) is 29.5 Å². The molecule has 0 aliphatic carbocycles. The number of nitrogens with zero attached hydrogens (tertiary/aromatic N) is 1. The number of hydrogen-bond donors (Lipinski definition) is 4. The molecule has 1 aromatic rings. The monoisotopic (exact) mass is 476 g/mol. The Morgan fingerprint density at radius 1 is 1.24 bits per heavy atom. The molecule has 1 fully saturated rings. The molecule has 0 aromatic heterocycles. The molecule has 4 N–H and O–H groups in total. The van der Waals surface area contributed by atoms with Crippen LogP contribution >= 0.6 is 0 Å². The van der Waals surface area contributed by atoms with Crippen molar-refractivity contribution in [1.82, 2.24) is 10.2 Å². The minimum atomic E-state index is -1.49. The number of carbonyl (C=O) groups is 3. The number of carbonyl (C=O) groups excluding carboxylic acids is 2. The molecule has 1 saturated heterocycles. The maximum atomic E-state index is 13.6. The number of piperidine rings is 1. The molecule has 1 aromatic carbocycles. The van der Waals surface area contributed by atoms with Gasteiger partial charge in [0, 0.05) is 13.1 Å². The molecule has 9 nitrogen and oxygen atoms in total. The van der Waals surface area contributed by atoms with Crippen molar-refractivity contribution < 1.29 is 34.3 Å². The third kappa shape index (κ3) is 8.64. The van der Waals surface area contributed by atoms with Gasteiger partial charge in [0.15, 0.2) is 0 Å². The van der Waals surface area contributed by atoms with Gasteiger partial charge in [0.2, 0.25) is 5.91 Å². The molecule has 0 saturated carbocycles. The zero-order valence-electron chi connectivity index (χ0n) is 20.5. The van der Waals surface area contributed by atoms with Gasteiger partial charge in [-0.15, -0.1) is 0 Å². The number of amides is 2. The molecule has 188 valence electrons. The lowest BCUT2D eigenvalue weighted by Crippen LogP contribution is -2.57. The first-order valence-corrected chi connectivity index (χ1v) is 11.7. The average molecular weight is 476 g/mol. The molecular weight excluding hydrogens is 439 g/mol. The van der Waals surface area contributed by atoms with Gasteiger partial charge in [-0.25, -0.2) is 4.79 Å². The molecule has 2 amide bonds. The fourth-order valence-corrected chi connectivity index (χ4v) is 4.35. The molecule has 1 aliphatic heterocycles. The van der Waals surface area contributed by atoms with Crippen molar-refractivity contribution >= 4 is 25.1 Å². The summed E-state index contributed by atoms with van der Waals surface area (Å²) in [5.74, 6) is -1.60. The van der Waals surface area contributed by atoms with E-state index >= 15 is 0 Å². The molecule has 0 radical (unpaired) electrons. The van der Waals surface area contributed by atoms with E-state index < -0.39 is 36.2 Å². The van der Waals surface area contributed by atoms with Crippen molar-refractivity contribution in [1.29, 1.82) is 0 Å². The first-order valence-electron chi connectivity index (χ1n) is 11.7. The Hall–Kier alpha value is -2.59. The van der Waals surface area contributed by atoms with Crippen LogP contribution in [0.15, 0.2) is 30.3 Å². The lowest BCUT2D eigenvalue weighted by Gasteiger charge is -2.43. The molecule has 2 rings (SSSR count). The van der Waals surface area contributed by atoms with E-state index in [-0.39, 0.29) is 31.2 Å². The SMILES string of the molecule is CC(C)(C)OC(=O)N[C@@H](CCc1ccccc1)C(=O)N1C[C@@H](CCB(O)O)C[C@](C)(C(=O)O)C1. The Morgan fingerprint density at radius 3 is 2.44 bits per heavy atom. The van der Waals surface area contributed by atoms with E-state index in [1.165, 1.54) is 4.90 Å². The van der Waals surface area contributed by atoms with E-state index in [4.69, 9.17) is 4.74 Å². The van der Waals surface area contributed by atoms with Gasteiger partial charge in [-0.05, 0) is 64.8 Å². The van der Waals surface area contributed by atoms with E-state index in [2.05, 4.69) is 5.32 Å². The van der Waals surface area contributed by atoms with E-state index in [0.29, 0.717) is 25.7 Å². The molecule has 34 heavy (non-hydrogen) atoms. The van der Waals surface area contributed by atoms with Crippen LogP contribution in [0.3, 0.4) is 0 Å². The van der Waals surface area contributed by atoms with Crippen LogP contribution in [0.2, 0.25) is 6.32 Å². The second kappa shape index (κ2) is 11.7. The Kier molecular flexibility index (Phi) is 9.52. The molecule has 1 aliphatic rings. The molecular formula is C24H37BN2O7. The van der Waals surface area contributed by atoms with Crippen LogP contribution in [0.5, 0.6) is 0 Å². The second-order valence-electron chi connectivity index (χ2n) is 10.4. The Morgan fingerprint density at radius 2 is 1.88 bits per heavy atom. The minimum absolute atomic E-state index is 0.0111. The predicted molar refractivity (Wildman–Crippen MR) is 128 cm³/mol. The number of carboxylic acids is 1. The van der Waals surface area contributed by atoms with Crippen LogP contribution < -0.4 is 5.32 Å². The summed E-state index contributed by atoms with van der Waals surface area (Å²) in [6, 6.07) is 8.68. The number of alkyl carbamates (subject to hydrolysis) is 1. The summed E-state index contributed by atoms with van der Waals surface area (Å²) in [5.41, 5.74) is -0.898. The average Bonchev–Trinajstić information content (AvgIpc) is 2.73. The van der Waals surface area contributed by atoms with Gasteiger partial charge >= 0.3 is 19.2 Å². The van der Waals surface area contributed by atoms with E-state index in [0.717, 1.165) is 5.56 Å². The number of likely N-dealkylation sites (tertiary alicyclic amines) is 1. The fraction of sp³-hybridized carbons (Fsp3) is 0.625. The Labute approximate surface area is 201 Å². The molecule has 3 atom stereocenters. The highest BCUT2D eigenvalue weighted by molar-refractivity contribution is 6.40. The van der Waals surface area contributed by atoms with Crippen molar-refractivity contribution in [2.75, 3.05) is 13.1 Å². The molecule has 0 bridgehead atoms. The minimum Gasteiger partial charge on any atom is -0.481 e. The standard InChI is InChI=1S/C24H37BN2O7/c1-23(2,3)34-22(31)26-19(11-10-17-8-6-5-7-9-17)20(28)27-15-18(12-13-25(32)33)14-24(4,16-27)21(29)30/h5-9,18-19,32-33H,10-16H2,1-4H3,(H,26,31)(H,29,30)/t18-,19-,24-/m0/s1. The van der Waals surface area contributed by atoms with Gasteiger partial charge < -0.3 is 30.1 Å². The summed E-state index contributed by atoms with van der Waals surface area (Å²) in [5, 5.41) is 31.0. The van der Waals surface area contributed by atoms with Gasteiger partial charge in [-0.1, -0.05) is 36.8 Å². The molecule has 10 heteroatoms. The summed E-state index contributed by atoms with van der Waals surface area (Å²) in [6.45, 7) is 7.09. The summed E-state index contributed by atoms with van der Waals surface area (Å²) >= 11 is 0. The van der Waals surface area contributed by atoms with Gasteiger partial charge in [0.05, 0.1) is 5.41 Å². The Balaban J connectivity index is 2.22. The van der Waals surface area contributed by atoms with E-state index in [1.807, 2.05) is 30.3 Å². The van der Waals surface area contributed by atoms with Gasteiger partial charge in [0.1, 0.15) is 11.6 Å². The second-order valence-corrected chi connectivity index (χ2v) is 10.4. The topological polar surface area (TPSA) is 136 Å². The fourth-order valence-electron chi connectivity index (χ4n) is 4.35. The Bertz CT molecular complexity index is 843. The largest absolute Gasteiger partial charge is 0.481 e. The van der Waals surface area contributed by atoms with Crippen LogP contribution in [0, 0.1) is 11.3 Å². The lowest BCUT2D eigenvalue weighted by molar-refractivity contribution is -0.156. The summed E-state index contributed by atoms with van der Waals surface area (Å²) in [4.78, 5) is 39.6. The van der Waals surface area contributed by atoms with Crippen molar-refractivity contribution in [2.45, 2.75) is 71.3 Å². The normalized spacial score (nSPS) is 21.5. The number of ether oxygens (including phenoxy) is 1. The van der Waals surface area contributed by atoms with Crippen LogP contribution in [-0.4, -0.2) is 69.9 Å². The zero-order valence-corrected chi connectivity index (χ0v) is 20.5. The van der Waals surface area contributed by atoms with E-state index in [1.54, 1.807) is 27.7 Å². The predicted octanol–water partition coefficient (Wildman–Crippen LogP) is 2.31. The number of hydrogen-bond acceptors (Lipinski definition) is 6. The number of aryl methyl sites for hydroxylation is 1. The van der Waals surface area contributed by atoms with Gasteiger partial charge in [-0.3, -0.25) is 9.59 Å². The summed E-state index contributed by atoms with van der Waals surface area (Å²) in [6.07, 6.45) is 0.943. The van der Waals surface area contributed by atoms with Crippen molar-refractivity contribution in [3.63, 3.8) is 0 Å². The number of rotatable bonds is 9. The molecule has 0 unspecified atom stereocenters. The third-order valence-corrected chi connectivity index (χ3v) is 5.97. The number of aliphatic carboxylic acids is 1. The number of benzene rings is 1. The highest BCUT2D eigenvalue weighted by Gasteiger charge is 2.44. The van der Waals surface area contributed by atoms with Gasteiger partial charge in [0.25, 0.3) is 0 Å². The molecule has 0 spiro atoms. The van der Waals surface area contributed by atoms with Crippen molar-refractivity contribution in [3.8, 4) is 0 Å².